The molecule has 0 bridgehead atoms. The summed E-state index contributed by atoms with van der Waals surface area (Å²) in [4.78, 5) is 16.7. The molecule has 1 heterocycles. The van der Waals surface area contributed by atoms with Crippen LogP contribution in [0.5, 0.6) is 0 Å². The Labute approximate surface area is 76.6 Å². The molecule has 72 valence electrons. The highest BCUT2D eigenvalue weighted by Crippen LogP contribution is 1.94. The molecule has 1 aromatic rings. The van der Waals surface area contributed by atoms with Crippen LogP contribution in [0.15, 0.2) is 18.7 Å². The van der Waals surface area contributed by atoms with Gasteiger partial charge >= 0.3 is 6.03 Å². The Morgan fingerprint density at radius 3 is 2.92 bits per heavy atom. The maximum absolute atomic E-state index is 11.5. The van der Waals surface area contributed by atoms with Crippen molar-refractivity contribution in [3.63, 3.8) is 0 Å². The first-order valence-electron chi connectivity index (χ1n) is 4.02. The molecule has 5 heteroatoms. The topological polar surface area (TPSA) is 58.4 Å². The van der Waals surface area contributed by atoms with Gasteiger partial charge in [-0.25, -0.2) is 9.78 Å². The lowest BCUT2D eigenvalue weighted by Gasteiger charge is -2.18. The number of amides is 1. The third-order valence-corrected chi connectivity index (χ3v) is 1.59. The Morgan fingerprint density at radius 2 is 2.46 bits per heavy atom. The van der Waals surface area contributed by atoms with E-state index in [1.807, 2.05) is 0 Å². The maximum atomic E-state index is 11.5. The highest BCUT2D eigenvalue weighted by molar-refractivity contribution is 5.76. The van der Waals surface area contributed by atoms with Crippen molar-refractivity contribution in [2.24, 2.45) is 0 Å². The van der Waals surface area contributed by atoms with E-state index in [2.05, 4.69) is 4.98 Å². The van der Waals surface area contributed by atoms with Crippen molar-refractivity contribution in [1.82, 2.24) is 14.5 Å². The van der Waals surface area contributed by atoms with Gasteiger partial charge in [-0.3, -0.25) is 4.57 Å². The van der Waals surface area contributed by atoms with Gasteiger partial charge in [-0.15, -0.1) is 0 Å². The number of aliphatic hydroxyl groups is 1. The molecule has 1 rings (SSSR count). The number of hydrogen-bond donors (Lipinski definition) is 1. The first kappa shape index (κ1) is 9.73. The van der Waals surface area contributed by atoms with Crippen LogP contribution in [0, 0.1) is 0 Å². The number of likely N-dealkylation sites (N-methyl/N-ethyl adjacent to an activating group) is 1. The lowest BCUT2D eigenvalue weighted by Crippen LogP contribution is -2.35. The lowest BCUT2D eigenvalue weighted by molar-refractivity contribution is 0.144. The summed E-state index contributed by atoms with van der Waals surface area (Å²) < 4.78 is 1.36. The van der Waals surface area contributed by atoms with E-state index in [4.69, 9.17) is 5.11 Å². The van der Waals surface area contributed by atoms with Gasteiger partial charge in [0.25, 0.3) is 0 Å². The molecule has 1 amide bonds. The largest absolute Gasteiger partial charge is 0.392 e. The number of carbonyl (C=O) groups is 1. The first-order valence-corrected chi connectivity index (χ1v) is 4.02. The van der Waals surface area contributed by atoms with Gasteiger partial charge in [-0.2, -0.15) is 0 Å². The van der Waals surface area contributed by atoms with Gasteiger partial charge in [0.2, 0.25) is 0 Å². The van der Waals surface area contributed by atoms with Crippen molar-refractivity contribution in [3.8, 4) is 0 Å². The number of aliphatic hydroxyl groups excluding tert-OH is 1. The van der Waals surface area contributed by atoms with Crippen LogP contribution in [0.4, 0.5) is 4.79 Å². The predicted octanol–water partition coefficient (Wildman–Crippen LogP) is 0.164. The van der Waals surface area contributed by atoms with Gasteiger partial charge in [0.15, 0.2) is 0 Å². The van der Waals surface area contributed by atoms with Gasteiger partial charge in [-0.1, -0.05) is 0 Å². The fourth-order valence-electron chi connectivity index (χ4n) is 1.04. The van der Waals surface area contributed by atoms with Crippen molar-refractivity contribution < 1.29 is 9.90 Å². The molecule has 0 radical (unpaired) electrons. The monoisotopic (exact) mass is 183 g/mol. The third-order valence-electron chi connectivity index (χ3n) is 1.59. The summed E-state index contributed by atoms with van der Waals surface area (Å²) >= 11 is 0. The molecule has 0 aromatic carbocycles. The zero-order valence-electron chi connectivity index (χ0n) is 7.71. The highest BCUT2D eigenvalue weighted by Gasteiger charge is 2.11. The standard InChI is InChI=1S/C8H13N3O2/c1-7(12)5-10(2)8(13)11-4-3-9-6-11/h3-4,6-7,12H,5H2,1-2H3. The molecule has 1 aromatic heterocycles. The molecule has 0 fully saturated rings. The molecule has 13 heavy (non-hydrogen) atoms. The average molecular weight is 183 g/mol. The minimum absolute atomic E-state index is 0.196. The smallest absolute Gasteiger partial charge is 0.329 e. The normalized spacial score (nSPS) is 12.5. The van der Waals surface area contributed by atoms with Crippen LogP contribution in [0.1, 0.15) is 6.92 Å². The Morgan fingerprint density at radius 1 is 1.77 bits per heavy atom. The Hall–Kier alpha value is -1.36. The van der Waals surface area contributed by atoms with Crippen molar-refractivity contribution in [2.75, 3.05) is 13.6 Å². The van der Waals surface area contributed by atoms with Crippen molar-refractivity contribution >= 4 is 6.03 Å². The van der Waals surface area contributed by atoms with Gasteiger partial charge < -0.3 is 10.0 Å². The molecule has 0 saturated heterocycles. The summed E-state index contributed by atoms with van der Waals surface area (Å²) in [5.74, 6) is 0. The second-order valence-electron chi connectivity index (χ2n) is 2.98. The Kier molecular flexibility index (Phi) is 3.02. The molecule has 1 atom stereocenters. The van der Waals surface area contributed by atoms with Crippen molar-refractivity contribution in [1.29, 1.82) is 0 Å². The van der Waals surface area contributed by atoms with Gasteiger partial charge in [0.05, 0.1) is 6.10 Å². The van der Waals surface area contributed by atoms with Crippen molar-refractivity contribution in [3.05, 3.63) is 18.7 Å². The summed E-state index contributed by atoms with van der Waals surface area (Å²) in [6, 6.07) is -0.196. The minimum Gasteiger partial charge on any atom is -0.392 e. The van der Waals surface area contributed by atoms with Crippen LogP contribution < -0.4 is 0 Å². The third kappa shape index (κ3) is 2.55. The number of imidazole rings is 1. The molecular formula is C8H13N3O2. The van der Waals surface area contributed by atoms with Crippen LogP contribution in [-0.2, 0) is 0 Å². The van der Waals surface area contributed by atoms with Crippen LogP contribution in [-0.4, -0.2) is 45.3 Å². The molecule has 0 aliphatic heterocycles. The van der Waals surface area contributed by atoms with Crippen LogP contribution in [0.25, 0.3) is 0 Å². The number of nitrogens with zero attached hydrogens (tertiary/aromatic N) is 3. The summed E-state index contributed by atoms with van der Waals surface area (Å²) in [5.41, 5.74) is 0. The van der Waals surface area contributed by atoms with E-state index in [1.165, 1.54) is 22.0 Å². The Bertz CT molecular complexity index is 269. The SMILES string of the molecule is CC(O)CN(C)C(=O)n1ccnc1. The average Bonchev–Trinajstić information content (AvgIpc) is 2.53. The lowest BCUT2D eigenvalue weighted by atomic mass is 10.4. The summed E-state index contributed by atoms with van der Waals surface area (Å²) in [6.07, 6.45) is 4.02. The number of rotatable bonds is 2. The molecule has 0 aliphatic carbocycles. The van der Waals surface area contributed by atoms with Gasteiger partial charge in [0, 0.05) is 26.0 Å². The van der Waals surface area contributed by atoms with Crippen molar-refractivity contribution in [2.45, 2.75) is 13.0 Å². The van der Waals surface area contributed by atoms with E-state index in [0.29, 0.717) is 6.54 Å². The second-order valence-corrected chi connectivity index (χ2v) is 2.98. The predicted molar refractivity (Wildman–Crippen MR) is 47.3 cm³/mol. The minimum atomic E-state index is -0.516. The molecule has 5 nitrogen and oxygen atoms in total. The fourth-order valence-corrected chi connectivity index (χ4v) is 1.04. The number of hydrogen-bond acceptors (Lipinski definition) is 3. The molecule has 1 unspecified atom stereocenters. The van der Waals surface area contributed by atoms with E-state index in [0.717, 1.165) is 0 Å². The summed E-state index contributed by atoms with van der Waals surface area (Å²) in [7, 11) is 1.63. The van der Waals surface area contributed by atoms with Gasteiger partial charge in [0.1, 0.15) is 6.33 Å². The number of aromatic nitrogens is 2. The molecule has 0 saturated carbocycles. The summed E-state index contributed by atoms with van der Waals surface area (Å²) in [6.45, 7) is 1.95. The molecule has 0 spiro atoms. The first-order chi connectivity index (χ1) is 6.11. The van der Waals surface area contributed by atoms with E-state index >= 15 is 0 Å². The highest BCUT2D eigenvalue weighted by atomic mass is 16.3. The van der Waals surface area contributed by atoms with Crippen LogP contribution in [0.3, 0.4) is 0 Å². The van der Waals surface area contributed by atoms with Gasteiger partial charge in [-0.05, 0) is 6.92 Å². The van der Waals surface area contributed by atoms with Crippen LogP contribution in [0.2, 0.25) is 0 Å². The van der Waals surface area contributed by atoms with E-state index in [1.54, 1.807) is 20.2 Å². The fraction of sp³-hybridized carbons (Fsp3) is 0.500. The second kappa shape index (κ2) is 4.04. The zero-order chi connectivity index (χ0) is 9.84. The van der Waals surface area contributed by atoms with E-state index < -0.39 is 6.10 Å². The zero-order valence-corrected chi connectivity index (χ0v) is 7.71. The molecule has 1 N–H and O–H groups in total. The molecule has 0 aliphatic rings. The van der Waals surface area contributed by atoms with E-state index in [-0.39, 0.29) is 6.03 Å². The maximum Gasteiger partial charge on any atom is 0.329 e. The Balaban J connectivity index is 2.58. The van der Waals surface area contributed by atoms with Crippen LogP contribution >= 0.6 is 0 Å². The number of carbonyl (C=O) groups excluding carboxylic acids is 1. The van der Waals surface area contributed by atoms with E-state index in [9.17, 15) is 4.79 Å². The quantitative estimate of drug-likeness (QED) is 0.710. The summed E-state index contributed by atoms with van der Waals surface area (Å²) in [5, 5.41) is 9.05. The molecular weight excluding hydrogens is 170 g/mol.